The molecule has 30 heavy (non-hydrogen) atoms. The molecule has 3 N–H and O–H groups in total. The number of aliphatic hydroxyl groups excluding tert-OH is 2. The summed E-state index contributed by atoms with van der Waals surface area (Å²) in [6, 6.07) is -1.01. The fraction of sp³-hybridized carbons (Fsp3) is 0.842. The number of hydrogen-bond donors (Lipinski definition) is 3. The van der Waals surface area contributed by atoms with E-state index in [2.05, 4.69) is 0 Å². The van der Waals surface area contributed by atoms with Gasteiger partial charge in [-0.25, -0.2) is 9.18 Å². The molecule has 2 rings (SSSR count). The number of urea groups is 1. The van der Waals surface area contributed by atoms with Crippen LogP contribution in [0.15, 0.2) is 0 Å². The van der Waals surface area contributed by atoms with Crippen molar-refractivity contribution in [2.24, 2.45) is 0 Å². The Labute approximate surface area is 174 Å². The molecule has 0 saturated carbocycles. The highest BCUT2D eigenvalue weighted by atomic mass is 19.1. The van der Waals surface area contributed by atoms with Crippen LogP contribution < -0.4 is 5.32 Å². The normalized spacial score (nSPS) is 31.7. The van der Waals surface area contributed by atoms with Gasteiger partial charge >= 0.3 is 12.0 Å². The van der Waals surface area contributed by atoms with Crippen molar-refractivity contribution in [3.63, 3.8) is 0 Å². The van der Waals surface area contributed by atoms with E-state index in [0.717, 1.165) is 24.2 Å². The van der Waals surface area contributed by atoms with Gasteiger partial charge in [-0.05, 0) is 12.8 Å². The monoisotopic (exact) mass is 434 g/mol. The fourth-order valence-electron chi connectivity index (χ4n) is 3.26. The van der Waals surface area contributed by atoms with Crippen LogP contribution >= 0.6 is 0 Å². The molecule has 0 spiro atoms. The Kier molecular flexibility index (Phi) is 9.40. The number of esters is 1. The molecule has 2 saturated heterocycles. The number of carbonyl (C=O) groups is 3. The average molecular weight is 434 g/mol. The predicted molar refractivity (Wildman–Crippen MR) is 101 cm³/mol. The molecule has 2 aliphatic rings. The molecule has 3 amide bonds. The number of alkyl halides is 1. The van der Waals surface area contributed by atoms with E-state index >= 15 is 0 Å². The third-order valence-corrected chi connectivity index (χ3v) is 5.03. The quantitative estimate of drug-likeness (QED) is 0.318. The molecule has 10 nitrogen and oxygen atoms in total. The van der Waals surface area contributed by atoms with Gasteiger partial charge in [-0.15, -0.1) is 0 Å². The smallest absolute Gasteiger partial charge is 0.328 e. The summed E-state index contributed by atoms with van der Waals surface area (Å²) < 4.78 is 30.5. The number of nitrogens with zero attached hydrogens (tertiary/aromatic N) is 1. The SMILES string of the molecule is CCCCCC(=O)OC[C@H]1O[C@@H](N2C(=O)NC(=O)C(F)C2OCCCC)[C@H](O)[C@@H]1O. The lowest BCUT2D eigenvalue weighted by Crippen LogP contribution is -2.66. The molecule has 0 bridgehead atoms. The van der Waals surface area contributed by atoms with Crippen molar-refractivity contribution >= 4 is 17.9 Å². The topological polar surface area (TPSA) is 135 Å². The second-order valence-corrected chi connectivity index (χ2v) is 7.40. The third-order valence-electron chi connectivity index (χ3n) is 5.03. The number of nitrogens with one attached hydrogen (secondary N) is 1. The van der Waals surface area contributed by atoms with Crippen molar-refractivity contribution < 1.29 is 43.2 Å². The van der Waals surface area contributed by atoms with Gasteiger partial charge in [0.2, 0.25) is 6.17 Å². The zero-order valence-electron chi connectivity index (χ0n) is 17.3. The largest absolute Gasteiger partial charge is 0.463 e. The molecule has 0 aromatic carbocycles. The van der Waals surface area contributed by atoms with Crippen LogP contribution in [0.5, 0.6) is 0 Å². The number of unbranched alkanes of at least 4 members (excludes halogenated alkanes) is 3. The summed E-state index contributed by atoms with van der Waals surface area (Å²) in [4.78, 5) is 36.5. The molecule has 0 radical (unpaired) electrons. The Balaban J connectivity index is 2.03. The standard InChI is InChI=1S/C19H31FN2O8/c1-3-5-7-8-12(23)29-10-11-14(24)15(25)18(30-11)22-17(28-9-6-4-2)13(20)16(26)21-19(22)27/h11,13-15,17-18,24-25H,3-10H2,1-2H3,(H,21,26,27)/t11-,13?,14-,15-,17?,18-/m1/s1. The third kappa shape index (κ3) is 5.87. The highest BCUT2D eigenvalue weighted by molar-refractivity contribution is 5.99. The van der Waals surface area contributed by atoms with Crippen LogP contribution in [-0.2, 0) is 23.8 Å². The van der Waals surface area contributed by atoms with E-state index in [-0.39, 0.29) is 19.6 Å². The lowest BCUT2D eigenvalue weighted by molar-refractivity contribution is -0.183. The highest BCUT2D eigenvalue weighted by Crippen LogP contribution is 2.29. The van der Waals surface area contributed by atoms with E-state index in [1.54, 1.807) is 0 Å². The van der Waals surface area contributed by atoms with Crippen molar-refractivity contribution in [2.45, 2.75) is 89.3 Å². The number of hydrogen-bond acceptors (Lipinski definition) is 8. The first-order chi connectivity index (χ1) is 14.3. The van der Waals surface area contributed by atoms with E-state index in [1.807, 2.05) is 19.2 Å². The lowest BCUT2D eigenvalue weighted by atomic mass is 10.1. The molecule has 172 valence electrons. The molecule has 2 aliphatic heterocycles. The Hall–Kier alpha value is -1.82. The Morgan fingerprint density at radius 2 is 1.87 bits per heavy atom. The second kappa shape index (κ2) is 11.5. The number of ether oxygens (including phenoxy) is 3. The number of halogens is 1. The van der Waals surface area contributed by atoms with Gasteiger partial charge in [0.25, 0.3) is 5.91 Å². The first-order valence-corrected chi connectivity index (χ1v) is 10.4. The number of carbonyl (C=O) groups excluding carboxylic acids is 3. The minimum Gasteiger partial charge on any atom is -0.463 e. The summed E-state index contributed by atoms with van der Waals surface area (Å²) in [7, 11) is 0. The molecule has 2 unspecified atom stereocenters. The Morgan fingerprint density at radius 3 is 2.53 bits per heavy atom. The molecule has 0 aromatic heterocycles. The van der Waals surface area contributed by atoms with E-state index in [0.29, 0.717) is 12.8 Å². The van der Waals surface area contributed by atoms with Gasteiger partial charge in [0, 0.05) is 13.0 Å². The molecule has 2 heterocycles. The summed E-state index contributed by atoms with van der Waals surface area (Å²) in [5, 5.41) is 22.5. The number of rotatable bonds is 11. The molecular weight excluding hydrogens is 403 g/mol. The zero-order chi connectivity index (χ0) is 22.3. The van der Waals surface area contributed by atoms with E-state index in [9.17, 15) is 29.0 Å². The minimum absolute atomic E-state index is 0.0861. The number of amides is 3. The van der Waals surface area contributed by atoms with Crippen molar-refractivity contribution in [3.05, 3.63) is 0 Å². The van der Waals surface area contributed by atoms with Crippen LogP contribution in [0.25, 0.3) is 0 Å². The van der Waals surface area contributed by atoms with E-state index in [1.165, 1.54) is 0 Å². The maximum absolute atomic E-state index is 14.5. The molecular formula is C19H31FN2O8. The maximum atomic E-state index is 14.5. The van der Waals surface area contributed by atoms with Crippen LogP contribution in [0.4, 0.5) is 9.18 Å². The Morgan fingerprint density at radius 1 is 1.17 bits per heavy atom. The van der Waals surface area contributed by atoms with Gasteiger partial charge in [-0.1, -0.05) is 33.1 Å². The first kappa shape index (κ1) is 24.4. The zero-order valence-corrected chi connectivity index (χ0v) is 17.3. The van der Waals surface area contributed by atoms with Gasteiger partial charge in [0.1, 0.15) is 24.9 Å². The van der Waals surface area contributed by atoms with Crippen molar-refractivity contribution in [1.82, 2.24) is 10.2 Å². The molecule has 6 atom stereocenters. The van der Waals surface area contributed by atoms with Crippen molar-refractivity contribution in [3.8, 4) is 0 Å². The fourth-order valence-corrected chi connectivity index (χ4v) is 3.26. The molecule has 0 aliphatic carbocycles. The summed E-state index contributed by atoms with van der Waals surface area (Å²) in [6.07, 6.45) is -5.48. The maximum Gasteiger partial charge on any atom is 0.328 e. The number of aliphatic hydroxyl groups is 2. The summed E-state index contributed by atoms with van der Waals surface area (Å²) in [6.45, 7) is 3.64. The van der Waals surface area contributed by atoms with Crippen LogP contribution in [0.1, 0.15) is 52.4 Å². The van der Waals surface area contributed by atoms with Crippen LogP contribution in [0.2, 0.25) is 0 Å². The van der Waals surface area contributed by atoms with E-state index in [4.69, 9.17) is 14.2 Å². The predicted octanol–water partition coefficient (Wildman–Crippen LogP) is 0.589. The Bertz CT molecular complexity index is 607. The number of imide groups is 1. The first-order valence-electron chi connectivity index (χ1n) is 10.4. The minimum atomic E-state index is -2.19. The van der Waals surface area contributed by atoms with Crippen LogP contribution in [0, 0.1) is 0 Å². The van der Waals surface area contributed by atoms with Gasteiger partial charge in [-0.3, -0.25) is 19.8 Å². The van der Waals surface area contributed by atoms with Crippen LogP contribution in [-0.4, -0.2) is 83.2 Å². The van der Waals surface area contributed by atoms with Gasteiger partial charge in [0.15, 0.2) is 12.5 Å². The highest BCUT2D eigenvalue weighted by Gasteiger charge is 2.54. The van der Waals surface area contributed by atoms with Gasteiger partial charge < -0.3 is 24.4 Å². The van der Waals surface area contributed by atoms with Crippen molar-refractivity contribution in [1.29, 1.82) is 0 Å². The van der Waals surface area contributed by atoms with Gasteiger partial charge in [0.05, 0.1) is 0 Å². The summed E-state index contributed by atoms with van der Waals surface area (Å²) in [5.74, 6) is -1.62. The summed E-state index contributed by atoms with van der Waals surface area (Å²) in [5.41, 5.74) is 0. The van der Waals surface area contributed by atoms with Crippen molar-refractivity contribution in [2.75, 3.05) is 13.2 Å². The molecule has 0 aromatic rings. The second-order valence-electron chi connectivity index (χ2n) is 7.40. The van der Waals surface area contributed by atoms with Crippen LogP contribution in [0.3, 0.4) is 0 Å². The summed E-state index contributed by atoms with van der Waals surface area (Å²) >= 11 is 0. The molecule has 2 fully saturated rings. The molecule has 11 heteroatoms. The van der Waals surface area contributed by atoms with E-state index < -0.39 is 54.8 Å². The average Bonchev–Trinajstić information content (AvgIpc) is 2.98. The lowest BCUT2D eigenvalue weighted by Gasteiger charge is -2.40. The van der Waals surface area contributed by atoms with Gasteiger partial charge in [-0.2, -0.15) is 0 Å².